The third-order valence-electron chi connectivity index (χ3n) is 3.36. The number of nitrogens with one attached hydrogen (secondary N) is 1. The summed E-state index contributed by atoms with van der Waals surface area (Å²) in [4.78, 5) is 28.5. The fourth-order valence-corrected chi connectivity index (χ4v) is 3.18. The van der Waals surface area contributed by atoms with Crippen LogP contribution in [0.4, 0.5) is 5.69 Å². The zero-order valence-electron chi connectivity index (χ0n) is 13.4. The van der Waals surface area contributed by atoms with E-state index >= 15 is 0 Å². The Hall–Kier alpha value is -2.25. The molecule has 0 atom stereocenters. The zero-order chi connectivity index (χ0) is 17.1. The van der Waals surface area contributed by atoms with E-state index in [0.717, 1.165) is 10.6 Å². The van der Waals surface area contributed by atoms with Crippen molar-refractivity contribution >= 4 is 28.9 Å². The first-order valence-electron chi connectivity index (χ1n) is 6.94. The molecule has 1 amide bonds. The number of benzene rings is 1. The molecule has 7 heteroatoms. The van der Waals surface area contributed by atoms with E-state index in [9.17, 15) is 14.7 Å². The number of carboxylic acids is 1. The van der Waals surface area contributed by atoms with E-state index in [-0.39, 0.29) is 11.5 Å². The van der Waals surface area contributed by atoms with Gasteiger partial charge in [-0.05, 0) is 38.0 Å². The summed E-state index contributed by atoms with van der Waals surface area (Å²) >= 11 is 1.27. The summed E-state index contributed by atoms with van der Waals surface area (Å²) in [5, 5.41) is 12.7. The molecular formula is C16H18N2O4S. The average Bonchev–Trinajstić information content (AvgIpc) is 2.82. The number of carbonyl (C=O) groups is 2. The summed E-state index contributed by atoms with van der Waals surface area (Å²) in [5.74, 6) is -1.32. The number of thiazole rings is 1. The van der Waals surface area contributed by atoms with Crippen LogP contribution in [0, 0.1) is 20.8 Å². The van der Waals surface area contributed by atoms with Gasteiger partial charge in [0.25, 0.3) is 5.91 Å². The molecule has 0 unspecified atom stereocenters. The third kappa shape index (κ3) is 3.75. The summed E-state index contributed by atoms with van der Waals surface area (Å²) in [6.45, 7) is 5.66. The van der Waals surface area contributed by atoms with E-state index in [0.29, 0.717) is 28.4 Å². The minimum atomic E-state index is -1.02. The maximum absolute atomic E-state index is 12.4. The number of aryl methyl sites for hydroxylation is 3. The molecular weight excluding hydrogens is 316 g/mol. The number of ether oxygens (including phenoxy) is 1. The monoisotopic (exact) mass is 334 g/mol. The van der Waals surface area contributed by atoms with Crippen LogP contribution >= 0.6 is 11.3 Å². The Balaban J connectivity index is 2.30. The number of anilines is 1. The smallest absolute Gasteiger partial charge is 0.336 e. The highest BCUT2D eigenvalue weighted by atomic mass is 32.1. The minimum absolute atomic E-state index is 0.173. The van der Waals surface area contributed by atoms with E-state index in [4.69, 9.17) is 4.74 Å². The summed E-state index contributed by atoms with van der Waals surface area (Å²) in [5.41, 5.74) is 2.75. The van der Waals surface area contributed by atoms with E-state index in [2.05, 4.69) is 10.3 Å². The van der Waals surface area contributed by atoms with E-state index in [1.54, 1.807) is 27.0 Å². The van der Waals surface area contributed by atoms with Crippen molar-refractivity contribution in [3.63, 3.8) is 0 Å². The van der Waals surface area contributed by atoms with Gasteiger partial charge in [0.1, 0.15) is 9.88 Å². The van der Waals surface area contributed by atoms with Gasteiger partial charge in [0.15, 0.2) is 0 Å². The van der Waals surface area contributed by atoms with Gasteiger partial charge in [-0.25, -0.2) is 9.78 Å². The minimum Gasteiger partial charge on any atom is -0.478 e. The zero-order valence-corrected chi connectivity index (χ0v) is 14.2. The summed E-state index contributed by atoms with van der Waals surface area (Å²) < 4.78 is 5.02. The lowest BCUT2D eigenvalue weighted by atomic mass is 10.0. The van der Waals surface area contributed by atoms with Crippen molar-refractivity contribution in [3.05, 3.63) is 44.4 Å². The molecule has 0 aliphatic heterocycles. The van der Waals surface area contributed by atoms with Gasteiger partial charge < -0.3 is 15.2 Å². The van der Waals surface area contributed by atoms with Crippen molar-refractivity contribution in [2.75, 3.05) is 12.4 Å². The quantitative estimate of drug-likeness (QED) is 0.877. The third-order valence-corrected chi connectivity index (χ3v) is 4.49. The van der Waals surface area contributed by atoms with Crippen LogP contribution in [0.5, 0.6) is 0 Å². The van der Waals surface area contributed by atoms with Crippen LogP contribution in [-0.4, -0.2) is 29.1 Å². The van der Waals surface area contributed by atoms with Gasteiger partial charge in [0.05, 0.1) is 17.9 Å². The van der Waals surface area contributed by atoms with Gasteiger partial charge in [-0.15, -0.1) is 11.3 Å². The fourth-order valence-electron chi connectivity index (χ4n) is 2.24. The van der Waals surface area contributed by atoms with Crippen molar-refractivity contribution in [2.45, 2.75) is 27.4 Å². The maximum Gasteiger partial charge on any atom is 0.336 e. The Morgan fingerprint density at radius 1 is 1.26 bits per heavy atom. The maximum atomic E-state index is 12.4. The first kappa shape index (κ1) is 17.1. The van der Waals surface area contributed by atoms with E-state index < -0.39 is 5.97 Å². The topological polar surface area (TPSA) is 88.5 Å². The summed E-state index contributed by atoms with van der Waals surface area (Å²) in [6.07, 6.45) is 0. The molecule has 0 saturated carbocycles. The van der Waals surface area contributed by atoms with Gasteiger partial charge in [0, 0.05) is 12.8 Å². The number of hydrogen-bond donors (Lipinski definition) is 2. The Bertz CT molecular complexity index is 768. The number of hydrogen-bond acceptors (Lipinski definition) is 5. The standard InChI is InChI=1S/C16H18N2O4S/c1-8-5-9(2)12(6-11(8)16(20)21)18-15(19)14-10(3)17-13(23-14)7-22-4/h5-6H,7H2,1-4H3,(H,18,19)(H,20,21). The fraction of sp³-hybridized carbons (Fsp3) is 0.312. The highest BCUT2D eigenvalue weighted by molar-refractivity contribution is 7.13. The average molecular weight is 334 g/mol. The first-order chi connectivity index (χ1) is 10.8. The van der Waals surface area contributed by atoms with Crippen molar-refractivity contribution in [3.8, 4) is 0 Å². The molecule has 0 saturated heterocycles. The van der Waals surface area contributed by atoms with Gasteiger partial charge in [-0.1, -0.05) is 6.07 Å². The molecule has 0 spiro atoms. The Morgan fingerprint density at radius 2 is 1.96 bits per heavy atom. The molecule has 1 aromatic heterocycles. The molecule has 0 fully saturated rings. The number of amides is 1. The first-order valence-corrected chi connectivity index (χ1v) is 7.76. The van der Waals surface area contributed by atoms with Gasteiger partial charge in [-0.3, -0.25) is 4.79 Å². The van der Waals surface area contributed by atoms with E-state index in [1.165, 1.54) is 17.4 Å². The van der Waals surface area contributed by atoms with Crippen molar-refractivity contribution in [1.82, 2.24) is 4.98 Å². The van der Waals surface area contributed by atoms with Crippen LogP contribution in [0.1, 0.15) is 41.9 Å². The number of rotatable bonds is 5. The predicted molar refractivity (Wildman–Crippen MR) is 88.4 cm³/mol. The SMILES string of the molecule is COCc1nc(C)c(C(=O)Nc2cc(C(=O)O)c(C)cc2C)s1. The second kappa shape index (κ2) is 6.89. The lowest BCUT2D eigenvalue weighted by molar-refractivity contribution is 0.0695. The number of carboxylic acid groups (broad SMARTS) is 1. The molecule has 122 valence electrons. The Kier molecular flexibility index (Phi) is 5.12. The van der Waals surface area contributed by atoms with Crippen LogP contribution in [0.25, 0.3) is 0 Å². The molecule has 6 nitrogen and oxygen atoms in total. The molecule has 2 rings (SSSR count). The lowest BCUT2D eigenvalue weighted by Gasteiger charge is -2.11. The molecule has 23 heavy (non-hydrogen) atoms. The normalized spacial score (nSPS) is 10.6. The second-order valence-electron chi connectivity index (χ2n) is 5.20. The molecule has 1 aromatic carbocycles. The van der Waals surface area contributed by atoms with Gasteiger partial charge >= 0.3 is 5.97 Å². The van der Waals surface area contributed by atoms with Crippen LogP contribution in [0.15, 0.2) is 12.1 Å². The van der Waals surface area contributed by atoms with Crippen molar-refractivity contribution in [2.24, 2.45) is 0 Å². The molecule has 0 aliphatic carbocycles. The molecule has 0 bridgehead atoms. The number of nitrogens with zero attached hydrogens (tertiary/aromatic N) is 1. The molecule has 2 N–H and O–H groups in total. The van der Waals surface area contributed by atoms with Crippen molar-refractivity contribution < 1.29 is 19.4 Å². The Labute approximate surface area is 138 Å². The predicted octanol–water partition coefficient (Wildman–Crippen LogP) is 3.17. The number of methoxy groups -OCH3 is 1. The van der Waals surface area contributed by atoms with Crippen LogP contribution in [-0.2, 0) is 11.3 Å². The number of aromatic nitrogens is 1. The second-order valence-corrected chi connectivity index (χ2v) is 6.28. The largest absolute Gasteiger partial charge is 0.478 e. The number of aromatic carboxylic acids is 1. The molecule has 0 radical (unpaired) electrons. The highest BCUT2D eigenvalue weighted by Crippen LogP contribution is 2.24. The number of carbonyl (C=O) groups excluding carboxylic acids is 1. The molecule has 2 aromatic rings. The summed E-state index contributed by atoms with van der Waals surface area (Å²) in [7, 11) is 1.57. The van der Waals surface area contributed by atoms with E-state index in [1.807, 2.05) is 6.92 Å². The van der Waals surface area contributed by atoms with Crippen molar-refractivity contribution in [1.29, 1.82) is 0 Å². The summed E-state index contributed by atoms with van der Waals surface area (Å²) in [6, 6.07) is 3.23. The lowest BCUT2D eigenvalue weighted by Crippen LogP contribution is -2.13. The Morgan fingerprint density at radius 3 is 2.57 bits per heavy atom. The van der Waals surface area contributed by atoms with Crippen LogP contribution in [0.2, 0.25) is 0 Å². The highest BCUT2D eigenvalue weighted by Gasteiger charge is 2.17. The van der Waals surface area contributed by atoms with Gasteiger partial charge in [-0.2, -0.15) is 0 Å². The van der Waals surface area contributed by atoms with Crippen LogP contribution in [0.3, 0.4) is 0 Å². The molecule has 0 aliphatic rings. The van der Waals surface area contributed by atoms with Gasteiger partial charge in [0.2, 0.25) is 0 Å². The van der Waals surface area contributed by atoms with Crippen LogP contribution < -0.4 is 5.32 Å². The molecule has 1 heterocycles.